The fourth-order valence-electron chi connectivity index (χ4n) is 3.51. The van der Waals surface area contributed by atoms with Crippen LogP contribution in [0.5, 0.6) is 5.75 Å². The lowest BCUT2D eigenvalue weighted by atomic mass is 10.1. The minimum absolute atomic E-state index is 0.0969. The van der Waals surface area contributed by atoms with Crippen LogP contribution in [0, 0.1) is 19.8 Å². The quantitative estimate of drug-likeness (QED) is 0.642. The Bertz CT molecular complexity index is 965. The van der Waals surface area contributed by atoms with Crippen molar-refractivity contribution < 1.29 is 19.1 Å². The van der Waals surface area contributed by atoms with Gasteiger partial charge in [0.1, 0.15) is 5.75 Å². The average Bonchev–Trinajstić information content (AvgIpc) is 3.15. The van der Waals surface area contributed by atoms with Crippen LogP contribution in [0.2, 0.25) is 0 Å². The number of nitrogens with zero attached hydrogens (tertiary/aromatic N) is 1. The Hall–Kier alpha value is -3.61. The molecule has 2 N–H and O–H groups in total. The van der Waals surface area contributed by atoms with Crippen LogP contribution in [0.15, 0.2) is 55.1 Å². The van der Waals surface area contributed by atoms with Crippen LogP contribution in [0.3, 0.4) is 0 Å². The highest BCUT2D eigenvalue weighted by Crippen LogP contribution is 2.27. The number of nitrogens with one attached hydrogen (secondary N) is 2. The van der Waals surface area contributed by atoms with E-state index in [0.29, 0.717) is 24.5 Å². The van der Waals surface area contributed by atoms with Gasteiger partial charge in [0.2, 0.25) is 11.8 Å². The third kappa shape index (κ3) is 5.51. The third-order valence-corrected chi connectivity index (χ3v) is 5.18. The minimum Gasteiger partial charge on any atom is -0.484 e. The number of rotatable bonds is 8. The summed E-state index contributed by atoms with van der Waals surface area (Å²) in [6.45, 7) is 8.04. The highest BCUT2D eigenvalue weighted by atomic mass is 16.5. The molecular formula is C24H27N3O4. The van der Waals surface area contributed by atoms with Crippen molar-refractivity contribution in [3.8, 4) is 5.75 Å². The van der Waals surface area contributed by atoms with Crippen molar-refractivity contribution in [1.29, 1.82) is 0 Å². The summed E-state index contributed by atoms with van der Waals surface area (Å²) in [5.74, 6) is -0.347. The molecule has 0 bridgehead atoms. The standard InChI is InChI=1S/C24H27N3O4/c1-4-12-25-24(30)18-13-22(29)27(14-18)19-8-10-20(11-9-19)31-15-21(28)26-23-16(2)6-5-7-17(23)3/h4-11,18H,1,12-15H2,2-3H3,(H,25,30)(H,26,28)/t18-/m1/s1. The molecule has 3 rings (SSSR count). The van der Waals surface area contributed by atoms with Crippen LogP contribution in [0.25, 0.3) is 0 Å². The molecule has 3 amide bonds. The van der Waals surface area contributed by atoms with Gasteiger partial charge < -0.3 is 20.3 Å². The monoisotopic (exact) mass is 421 g/mol. The number of anilines is 2. The SMILES string of the molecule is C=CCNC(=O)[C@@H]1CC(=O)N(c2ccc(OCC(=O)Nc3c(C)cccc3C)cc2)C1. The Morgan fingerprint density at radius 3 is 2.48 bits per heavy atom. The predicted molar refractivity (Wildman–Crippen MR) is 120 cm³/mol. The maximum absolute atomic E-state index is 12.3. The first kappa shape index (κ1) is 22.1. The molecule has 1 aliphatic heterocycles. The normalized spacial score (nSPS) is 15.5. The van der Waals surface area contributed by atoms with Crippen molar-refractivity contribution in [3.63, 3.8) is 0 Å². The summed E-state index contributed by atoms with van der Waals surface area (Å²) in [5, 5.41) is 5.61. The van der Waals surface area contributed by atoms with Gasteiger partial charge in [0.15, 0.2) is 6.61 Å². The Balaban J connectivity index is 1.54. The van der Waals surface area contributed by atoms with E-state index < -0.39 is 0 Å². The van der Waals surface area contributed by atoms with Gasteiger partial charge in [0.05, 0.1) is 5.92 Å². The van der Waals surface area contributed by atoms with Gasteiger partial charge in [-0.15, -0.1) is 6.58 Å². The van der Waals surface area contributed by atoms with Gasteiger partial charge in [-0.3, -0.25) is 14.4 Å². The van der Waals surface area contributed by atoms with E-state index in [1.54, 1.807) is 35.2 Å². The molecule has 1 atom stereocenters. The highest BCUT2D eigenvalue weighted by molar-refractivity contribution is 6.00. The number of amides is 3. The summed E-state index contributed by atoms with van der Waals surface area (Å²) in [6, 6.07) is 12.7. The van der Waals surface area contributed by atoms with Gasteiger partial charge in [0, 0.05) is 30.9 Å². The molecule has 1 fully saturated rings. The summed E-state index contributed by atoms with van der Waals surface area (Å²) < 4.78 is 5.58. The number of hydrogen-bond acceptors (Lipinski definition) is 4. The van der Waals surface area contributed by atoms with Crippen molar-refractivity contribution in [2.45, 2.75) is 20.3 Å². The molecule has 1 aliphatic rings. The maximum atomic E-state index is 12.3. The Morgan fingerprint density at radius 1 is 1.16 bits per heavy atom. The Kier molecular flexibility index (Phi) is 7.07. The molecular weight excluding hydrogens is 394 g/mol. The first-order valence-electron chi connectivity index (χ1n) is 10.2. The van der Waals surface area contributed by atoms with E-state index in [1.165, 1.54) is 0 Å². The lowest BCUT2D eigenvalue weighted by Gasteiger charge is -2.17. The second-order valence-electron chi connectivity index (χ2n) is 7.54. The van der Waals surface area contributed by atoms with E-state index in [9.17, 15) is 14.4 Å². The fraction of sp³-hybridized carbons (Fsp3) is 0.292. The molecule has 1 heterocycles. The van der Waals surface area contributed by atoms with E-state index in [4.69, 9.17) is 4.74 Å². The summed E-state index contributed by atoms with van der Waals surface area (Å²) in [5.41, 5.74) is 3.47. The molecule has 0 radical (unpaired) electrons. The van der Waals surface area contributed by atoms with E-state index in [0.717, 1.165) is 16.8 Å². The lowest BCUT2D eigenvalue weighted by molar-refractivity contribution is -0.126. The van der Waals surface area contributed by atoms with Gasteiger partial charge in [-0.25, -0.2) is 0 Å². The van der Waals surface area contributed by atoms with Crippen molar-refractivity contribution in [2.24, 2.45) is 5.92 Å². The van der Waals surface area contributed by atoms with Crippen LogP contribution in [-0.4, -0.2) is 37.4 Å². The van der Waals surface area contributed by atoms with Crippen LogP contribution >= 0.6 is 0 Å². The summed E-state index contributed by atoms with van der Waals surface area (Å²) in [6.07, 6.45) is 1.79. The molecule has 0 aromatic heterocycles. The molecule has 0 spiro atoms. The molecule has 7 heteroatoms. The van der Waals surface area contributed by atoms with Gasteiger partial charge in [-0.2, -0.15) is 0 Å². The summed E-state index contributed by atoms with van der Waals surface area (Å²) in [7, 11) is 0. The number of benzene rings is 2. The van der Waals surface area contributed by atoms with Crippen LogP contribution in [0.4, 0.5) is 11.4 Å². The maximum Gasteiger partial charge on any atom is 0.262 e. The first-order chi connectivity index (χ1) is 14.9. The van der Waals surface area contributed by atoms with Gasteiger partial charge in [0.25, 0.3) is 5.91 Å². The number of hydrogen-bond donors (Lipinski definition) is 2. The zero-order chi connectivity index (χ0) is 22.4. The second-order valence-corrected chi connectivity index (χ2v) is 7.54. The zero-order valence-electron chi connectivity index (χ0n) is 17.8. The van der Waals surface area contributed by atoms with Crippen molar-refractivity contribution in [3.05, 3.63) is 66.2 Å². The number of ether oxygens (including phenoxy) is 1. The smallest absolute Gasteiger partial charge is 0.262 e. The summed E-state index contributed by atoms with van der Waals surface area (Å²) in [4.78, 5) is 38.3. The fourth-order valence-corrected chi connectivity index (χ4v) is 3.51. The molecule has 2 aromatic carbocycles. The first-order valence-corrected chi connectivity index (χ1v) is 10.2. The van der Waals surface area contributed by atoms with Crippen LogP contribution in [0.1, 0.15) is 17.5 Å². The molecule has 162 valence electrons. The molecule has 7 nitrogen and oxygen atoms in total. The van der Waals surface area contributed by atoms with E-state index in [2.05, 4.69) is 17.2 Å². The Labute approximate surface area is 182 Å². The van der Waals surface area contributed by atoms with E-state index in [-0.39, 0.29) is 36.7 Å². The predicted octanol–water partition coefficient (Wildman–Crippen LogP) is 2.98. The molecule has 1 saturated heterocycles. The average molecular weight is 421 g/mol. The molecule has 2 aromatic rings. The largest absolute Gasteiger partial charge is 0.484 e. The number of carbonyl (C=O) groups excluding carboxylic acids is 3. The van der Waals surface area contributed by atoms with Crippen molar-refractivity contribution in [1.82, 2.24) is 5.32 Å². The van der Waals surface area contributed by atoms with E-state index in [1.807, 2.05) is 32.0 Å². The van der Waals surface area contributed by atoms with Crippen molar-refractivity contribution >= 4 is 29.1 Å². The molecule has 0 saturated carbocycles. The van der Waals surface area contributed by atoms with Crippen molar-refractivity contribution in [2.75, 3.05) is 29.9 Å². The van der Waals surface area contributed by atoms with Gasteiger partial charge in [-0.05, 0) is 49.2 Å². The summed E-state index contributed by atoms with van der Waals surface area (Å²) >= 11 is 0. The highest BCUT2D eigenvalue weighted by Gasteiger charge is 2.34. The number of carbonyl (C=O) groups is 3. The molecule has 0 unspecified atom stereocenters. The molecule has 0 aliphatic carbocycles. The van der Waals surface area contributed by atoms with Gasteiger partial charge in [-0.1, -0.05) is 24.3 Å². The van der Waals surface area contributed by atoms with Crippen LogP contribution < -0.4 is 20.3 Å². The Morgan fingerprint density at radius 2 is 1.84 bits per heavy atom. The van der Waals surface area contributed by atoms with Crippen LogP contribution in [-0.2, 0) is 14.4 Å². The molecule has 31 heavy (non-hydrogen) atoms. The number of para-hydroxylation sites is 1. The zero-order valence-corrected chi connectivity index (χ0v) is 17.8. The minimum atomic E-state index is -0.378. The lowest BCUT2D eigenvalue weighted by Crippen LogP contribution is -2.32. The third-order valence-electron chi connectivity index (χ3n) is 5.18. The topological polar surface area (TPSA) is 87.7 Å². The second kappa shape index (κ2) is 9.93. The van der Waals surface area contributed by atoms with Gasteiger partial charge >= 0.3 is 0 Å². The van der Waals surface area contributed by atoms with E-state index >= 15 is 0 Å². The number of aryl methyl sites for hydroxylation is 2.